The third-order valence-electron chi connectivity index (χ3n) is 4.02. The average Bonchev–Trinajstić information content (AvgIpc) is 2.74. The van der Waals surface area contributed by atoms with E-state index in [1.165, 1.54) is 0 Å². The van der Waals surface area contributed by atoms with E-state index in [9.17, 15) is 0 Å². The Kier molecular flexibility index (Phi) is 2.53. The van der Waals surface area contributed by atoms with Crippen LogP contribution in [0.15, 0.2) is 18.5 Å². The van der Waals surface area contributed by atoms with Gasteiger partial charge < -0.3 is 9.31 Å². The Labute approximate surface area is 113 Å². The highest BCUT2D eigenvalue weighted by atomic mass is 16.7. The lowest BCUT2D eigenvalue weighted by Gasteiger charge is -2.32. The molecule has 0 saturated carbocycles. The van der Waals surface area contributed by atoms with Gasteiger partial charge in [-0.05, 0) is 33.8 Å². The first kappa shape index (κ1) is 12.6. The normalized spacial score (nSPS) is 21.2. The molecule has 0 radical (unpaired) electrons. The van der Waals surface area contributed by atoms with Crippen LogP contribution in [0.2, 0.25) is 0 Å². The molecule has 1 aliphatic rings. The molecule has 19 heavy (non-hydrogen) atoms. The van der Waals surface area contributed by atoms with Crippen LogP contribution in [0.5, 0.6) is 0 Å². The minimum absolute atomic E-state index is 0.337. The molecule has 3 heterocycles. The number of pyridine rings is 1. The Morgan fingerprint density at radius 3 is 2.37 bits per heavy atom. The maximum Gasteiger partial charge on any atom is 0.496 e. The van der Waals surface area contributed by atoms with Crippen molar-refractivity contribution in [1.82, 2.24) is 14.8 Å². The molecule has 5 nitrogen and oxygen atoms in total. The second kappa shape index (κ2) is 3.80. The summed E-state index contributed by atoms with van der Waals surface area (Å²) in [6.45, 7) is 8.17. The van der Waals surface area contributed by atoms with Crippen molar-refractivity contribution < 1.29 is 9.31 Å². The second-order valence-electron chi connectivity index (χ2n) is 6.06. The highest BCUT2D eigenvalue weighted by molar-refractivity contribution is 6.62. The summed E-state index contributed by atoms with van der Waals surface area (Å²) in [6.07, 6.45) is 3.69. The number of hydrogen-bond donors (Lipinski definition) is 0. The molecule has 0 atom stereocenters. The van der Waals surface area contributed by atoms with Gasteiger partial charge in [-0.1, -0.05) is 0 Å². The highest BCUT2D eigenvalue weighted by Gasteiger charge is 2.51. The summed E-state index contributed by atoms with van der Waals surface area (Å²) < 4.78 is 13.8. The molecule has 1 aliphatic heterocycles. The van der Waals surface area contributed by atoms with Gasteiger partial charge in [0.2, 0.25) is 0 Å². The van der Waals surface area contributed by atoms with Crippen LogP contribution >= 0.6 is 0 Å². The molecule has 6 heteroatoms. The Hall–Kier alpha value is -1.40. The van der Waals surface area contributed by atoms with Gasteiger partial charge in [0.25, 0.3) is 0 Å². The third-order valence-corrected chi connectivity index (χ3v) is 4.02. The predicted octanol–water partition coefficient (Wildman–Crippen LogP) is 1.27. The van der Waals surface area contributed by atoms with E-state index in [0.29, 0.717) is 0 Å². The van der Waals surface area contributed by atoms with Crippen LogP contribution in [0.4, 0.5) is 0 Å². The molecule has 0 unspecified atom stereocenters. The van der Waals surface area contributed by atoms with Gasteiger partial charge in [0.15, 0.2) is 0 Å². The van der Waals surface area contributed by atoms with Crippen LogP contribution in [0, 0.1) is 0 Å². The molecule has 3 rings (SSSR count). The lowest BCUT2D eigenvalue weighted by atomic mass is 9.80. The van der Waals surface area contributed by atoms with Gasteiger partial charge in [-0.2, -0.15) is 5.10 Å². The number of fused-ring (bicyclic) bond motifs is 1. The van der Waals surface area contributed by atoms with Crippen LogP contribution in [0.25, 0.3) is 11.0 Å². The molecule has 2 aromatic heterocycles. The Bertz CT molecular complexity index is 620. The van der Waals surface area contributed by atoms with Crippen molar-refractivity contribution in [2.24, 2.45) is 7.05 Å². The van der Waals surface area contributed by atoms with Gasteiger partial charge in [0, 0.05) is 18.7 Å². The van der Waals surface area contributed by atoms with E-state index in [-0.39, 0.29) is 18.3 Å². The summed E-state index contributed by atoms with van der Waals surface area (Å²) in [6, 6.07) is 1.98. The largest absolute Gasteiger partial charge is 0.496 e. The van der Waals surface area contributed by atoms with Crippen LogP contribution in [0.3, 0.4) is 0 Å². The third kappa shape index (κ3) is 1.95. The summed E-state index contributed by atoms with van der Waals surface area (Å²) in [7, 11) is 1.50. The van der Waals surface area contributed by atoms with Crippen molar-refractivity contribution in [2.45, 2.75) is 38.9 Å². The van der Waals surface area contributed by atoms with Crippen LogP contribution < -0.4 is 5.46 Å². The summed E-state index contributed by atoms with van der Waals surface area (Å²) in [4.78, 5) is 4.40. The minimum Gasteiger partial charge on any atom is -0.399 e. The molecule has 0 amide bonds. The fraction of sp³-hybridized carbons (Fsp3) is 0.538. The highest BCUT2D eigenvalue weighted by Crippen LogP contribution is 2.36. The van der Waals surface area contributed by atoms with Gasteiger partial charge in [0.05, 0.1) is 17.4 Å². The van der Waals surface area contributed by atoms with Gasteiger partial charge >= 0.3 is 7.12 Å². The first-order chi connectivity index (χ1) is 8.78. The Morgan fingerprint density at radius 1 is 1.11 bits per heavy atom. The molecule has 0 bridgehead atoms. The number of aromatic nitrogens is 3. The molecular weight excluding hydrogens is 241 g/mol. The standard InChI is InChI=1S/C13H18BN3O2/c1-12(2)13(3,4)19-14(18-12)9-6-10-11(15-7-9)8-17(5)16-10/h6-8H,1-5H3. The lowest BCUT2D eigenvalue weighted by molar-refractivity contribution is 0.00578. The molecule has 100 valence electrons. The van der Waals surface area contributed by atoms with E-state index in [1.807, 2.05) is 47.0 Å². The molecule has 0 spiro atoms. The van der Waals surface area contributed by atoms with Crippen molar-refractivity contribution in [2.75, 3.05) is 0 Å². The minimum atomic E-state index is -0.385. The SMILES string of the molecule is Cn1cc2ncc(B3OC(C)(C)C(C)(C)O3)cc2n1. The molecule has 2 aromatic rings. The van der Waals surface area contributed by atoms with E-state index in [1.54, 1.807) is 10.9 Å². The summed E-state index contributed by atoms with van der Waals surface area (Å²) >= 11 is 0. The van der Waals surface area contributed by atoms with E-state index in [0.717, 1.165) is 16.5 Å². The van der Waals surface area contributed by atoms with Crippen LogP contribution in [-0.2, 0) is 16.4 Å². The molecule has 1 fully saturated rings. The van der Waals surface area contributed by atoms with Crippen molar-refractivity contribution in [3.8, 4) is 0 Å². The topological polar surface area (TPSA) is 49.2 Å². The number of aryl methyl sites for hydroxylation is 1. The van der Waals surface area contributed by atoms with E-state index < -0.39 is 0 Å². The molecule has 0 N–H and O–H groups in total. The maximum atomic E-state index is 6.01. The summed E-state index contributed by atoms with van der Waals surface area (Å²) in [5, 5.41) is 4.36. The van der Waals surface area contributed by atoms with Crippen molar-refractivity contribution >= 4 is 23.6 Å². The van der Waals surface area contributed by atoms with Gasteiger partial charge in [-0.15, -0.1) is 0 Å². The zero-order chi connectivity index (χ0) is 13.8. The Balaban J connectivity index is 1.97. The van der Waals surface area contributed by atoms with Gasteiger partial charge in [-0.25, -0.2) is 0 Å². The van der Waals surface area contributed by atoms with Crippen molar-refractivity contribution in [3.05, 3.63) is 18.5 Å². The monoisotopic (exact) mass is 259 g/mol. The summed E-state index contributed by atoms with van der Waals surface area (Å²) in [5.41, 5.74) is 1.97. The van der Waals surface area contributed by atoms with Crippen molar-refractivity contribution in [1.29, 1.82) is 0 Å². The molecule has 0 aliphatic carbocycles. The lowest BCUT2D eigenvalue weighted by Crippen LogP contribution is -2.41. The number of nitrogens with zero attached hydrogens (tertiary/aromatic N) is 3. The van der Waals surface area contributed by atoms with Crippen molar-refractivity contribution in [3.63, 3.8) is 0 Å². The second-order valence-corrected chi connectivity index (χ2v) is 6.06. The van der Waals surface area contributed by atoms with E-state index >= 15 is 0 Å². The summed E-state index contributed by atoms with van der Waals surface area (Å²) in [5.74, 6) is 0. The number of rotatable bonds is 1. The zero-order valence-electron chi connectivity index (χ0n) is 12.0. The quantitative estimate of drug-likeness (QED) is 0.723. The fourth-order valence-corrected chi connectivity index (χ4v) is 2.14. The van der Waals surface area contributed by atoms with Crippen LogP contribution in [0.1, 0.15) is 27.7 Å². The van der Waals surface area contributed by atoms with Crippen LogP contribution in [-0.4, -0.2) is 33.1 Å². The van der Waals surface area contributed by atoms with Gasteiger partial charge in [0.1, 0.15) is 11.0 Å². The first-order valence-corrected chi connectivity index (χ1v) is 6.43. The first-order valence-electron chi connectivity index (χ1n) is 6.43. The average molecular weight is 259 g/mol. The fourth-order valence-electron chi connectivity index (χ4n) is 2.14. The zero-order valence-corrected chi connectivity index (χ0v) is 12.0. The van der Waals surface area contributed by atoms with E-state index in [4.69, 9.17) is 9.31 Å². The Morgan fingerprint density at radius 2 is 1.74 bits per heavy atom. The number of hydrogen-bond acceptors (Lipinski definition) is 4. The molecular formula is C13H18BN3O2. The predicted molar refractivity (Wildman–Crippen MR) is 74.2 cm³/mol. The molecule has 1 saturated heterocycles. The smallest absolute Gasteiger partial charge is 0.399 e. The maximum absolute atomic E-state index is 6.01. The molecule has 0 aromatic carbocycles. The van der Waals surface area contributed by atoms with E-state index in [2.05, 4.69) is 10.1 Å². The van der Waals surface area contributed by atoms with Gasteiger partial charge in [-0.3, -0.25) is 9.67 Å².